The Morgan fingerprint density at radius 2 is 2.16 bits per heavy atom. The molecule has 1 aromatic heterocycles. The number of rotatable bonds is 1. The van der Waals surface area contributed by atoms with Crippen molar-refractivity contribution < 1.29 is 18.0 Å². The van der Waals surface area contributed by atoms with Gasteiger partial charge in [-0.25, -0.2) is 0 Å². The smallest absolute Gasteiger partial charge is 0.345 e. The molecular formula is C12H14BrF3N2O. The summed E-state index contributed by atoms with van der Waals surface area (Å²) in [6, 6.07) is 1.62. The van der Waals surface area contributed by atoms with Crippen molar-refractivity contribution >= 4 is 21.8 Å². The molecule has 1 saturated heterocycles. The Bertz CT molecular complexity index is 484. The summed E-state index contributed by atoms with van der Waals surface area (Å²) < 4.78 is 40.5. The van der Waals surface area contributed by atoms with E-state index >= 15 is 0 Å². The minimum Gasteiger partial charge on any atom is -0.345 e. The van der Waals surface area contributed by atoms with Crippen molar-refractivity contribution in [2.75, 3.05) is 13.1 Å². The van der Waals surface area contributed by atoms with E-state index in [9.17, 15) is 18.0 Å². The van der Waals surface area contributed by atoms with Crippen molar-refractivity contribution in [1.29, 1.82) is 0 Å². The number of piperidine rings is 1. The number of hydrogen-bond acceptors (Lipinski definition) is 1. The highest BCUT2D eigenvalue weighted by atomic mass is 79.9. The normalized spacial score (nSPS) is 20.7. The van der Waals surface area contributed by atoms with Crippen molar-refractivity contribution in [1.82, 2.24) is 9.47 Å². The number of aromatic nitrogens is 1. The second-order valence-corrected chi connectivity index (χ2v) is 5.70. The van der Waals surface area contributed by atoms with Crippen LogP contribution >= 0.6 is 15.9 Å². The van der Waals surface area contributed by atoms with E-state index in [-0.39, 0.29) is 18.9 Å². The van der Waals surface area contributed by atoms with Gasteiger partial charge in [-0.3, -0.25) is 4.79 Å². The van der Waals surface area contributed by atoms with Crippen LogP contribution in [0.5, 0.6) is 0 Å². The number of hydrogen-bond donors (Lipinski definition) is 0. The molecule has 1 aromatic rings. The summed E-state index contributed by atoms with van der Waals surface area (Å²) in [5, 5.41) is 0. The molecule has 0 N–H and O–H groups in total. The van der Waals surface area contributed by atoms with Gasteiger partial charge in [0.25, 0.3) is 5.91 Å². The number of halogens is 4. The van der Waals surface area contributed by atoms with Crippen LogP contribution in [-0.2, 0) is 7.05 Å². The molecule has 19 heavy (non-hydrogen) atoms. The van der Waals surface area contributed by atoms with Crippen molar-refractivity contribution in [3.05, 3.63) is 22.4 Å². The largest absolute Gasteiger partial charge is 0.393 e. The van der Waals surface area contributed by atoms with E-state index in [1.165, 1.54) is 4.90 Å². The van der Waals surface area contributed by atoms with Crippen LogP contribution in [0, 0.1) is 5.92 Å². The van der Waals surface area contributed by atoms with E-state index in [1.54, 1.807) is 23.9 Å². The lowest BCUT2D eigenvalue weighted by Crippen LogP contribution is -2.45. The van der Waals surface area contributed by atoms with Gasteiger partial charge >= 0.3 is 6.18 Å². The maximum absolute atomic E-state index is 12.7. The van der Waals surface area contributed by atoms with E-state index in [4.69, 9.17) is 0 Å². The Hall–Kier alpha value is -0.980. The van der Waals surface area contributed by atoms with Gasteiger partial charge in [0.05, 0.1) is 5.92 Å². The minimum absolute atomic E-state index is 0.101. The number of likely N-dealkylation sites (tertiary alicyclic amines) is 1. The topological polar surface area (TPSA) is 25.2 Å². The zero-order chi connectivity index (χ0) is 14.2. The molecule has 0 aliphatic carbocycles. The first-order valence-electron chi connectivity index (χ1n) is 5.97. The maximum atomic E-state index is 12.7. The average Bonchev–Trinajstić information content (AvgIpc) is 2.66. The number of carbonyl (C=O) groups excluding carboxylic acids is 1. The molecule has 1 fully saturated rings. The molecule has 0 spiro atoms. The summed E-state index contributed by atoms with van der Waals surface area (Å²) in [4.78, 5) is 13.5. The summed E-state index contributed by atoms with van der Waals surface area (Å²) in [6.45, 7) is 0.138. The van der Waals surface area contributed by atoms with E-state index < -0.39 is 12.1 Å². The Morgan fingerprint density at radius 1 is 1.47 bits per heavy atom. The molecule has 0 saturated carbocycles. The summed E-state index contributed by atoms with van der Waals surface area (Å²) >= 11 is 3.25. The quantitative estimate of drug-likeness (QED) is 0.771. The van der Waals surface area contributed by atoms with Crippen molar-refractivity contribution in [3.8, 4) is 0 Å². The molecule has 0 radical (unpaired) electrons. The van der Waals surface area contributed by atoms with Crippen LogP contribution in [0.3, 0.4) is 0 Å². The Morgan fingerprint density at radius 3 is 2.68 bits per heavy atom. The van der Waals surface area contributed by atoms with Gasteiger partial charge in [-0.05, 0) is 34.8 Å². The van der Waals surface area contributed by atoms with Crippen LogP contribution in [0.4, 0.5) is 13.2 Å². The van der Waals surface area contributed by atoms with Crippen LogP contribution in [-0.4, -0.2) is 34.6 Å². The van der Waals surface area contributed by atoms with Crippen molar-refractivity contribution in [2.24, 2.45) is 13.0 Å². The maximum Gasteiger partial charge on any atom is 0.393 e. The Labute approximate surface area is 117 Å². The molecule has 0 unspecified atom stereocenters. The fourth-order valence-corrected chi connectivity index (χ4v) is 2.85. The molecule has 0 bridgehead atoms. The van der Waals surface area contributed by atoms with Gasteiger partial charge < -0.3 is 9.47 Å². The SMILES string of the molecule is Cn1cc(Br)cc1C(=O)N1CCC[C@@H](C(F)(F)F)C1. The number of carbonyl (C=O) groups is 1. The van der Waals surface area contributed by atoms with Gasteiger partial charge in [0, 0.05) is 30.8 Å². The first-order valence-corrected chi connectivity index (χ1v) is 6.76. The van der Waals surface area contributed by atoms with Crippen LogP contribution in [0.2, 0.25) is 0 Å². The van der Waals surface area contributed by atoms with Gasteiger partial charge in [-0.2, -0.15) is 13.2 Å². The third-order valence-electron chi connectivity index (χ3n) is 3.36. The van der Waals surface area contributed by atoms with Gasteiger partial charge in [-0.15, -0.1) is 0 Å². The van der Waals surface area contributed by atoms with E-state index in [1.807, 2.05) is 0 Å². The fourth-order valence-electron chi connectivity index (χ4n) is 2.33. The lowest BCUT2D eigenvalue weighted by Gasteiger charge is -2.33. The molecule has 1 amide bonds. The molecule has 3 nitrogen and oxygen atoms in total. The first kappa shape index (κ1) is 14.4. The van der Waals surface area contributed by atoms with E-state index in [2.05, 4.69) is 15.9 Å². The van der Waals surface area contributed by atoms with Gasteiger partial charge in [0.1, 0.15) is 5.69 Å². The molecule has 7 heteroatoms. The third kappa shape index (κ3) is 3.13. The molecule has 2 heterocycles. The molecular weight excluding hydrogens is 325 g/mol. The van der Waals surface area contributed by atoms with E-state index in [0.717, 1.165) is 4.47 Å². The molecule has 1 aliphatic heterocycles. The minimum atomic E-state index is -4.23. The number of amides is 1. The van der Waals surface area contributed by atoms with Crippen LogP contribution in [0.1, 0.15) is 23.3 Å². The number of alkyl halides is 3. The number of aryl methyl sites for hydroxylation is 1. The van der Waals surface area contributed by atoms with Gasteiger partial charge in [0.2, 0.25) is 0 Å². The van der Waals surface area contributed by atoms with Gasteiger partial charge in [0.15, 0.2) is 0 Å². The number of nitrogens with zero attached hydrogens (tertiary/aromatic N) is 2. The predicted octanol–water partition coefficient (Wildman–Crippen LogP) is 3.20. The van der Waals surface area contributed by atoms with Crippen LogP contribution in [0.15, 0.2) is 16.7 Å². The Kier molecular flexibility index (Phi) is 3.94. The van der Waals surface area contributed by atoms with Crippen molar-refractivity contribution in [2.45, 2.75) is 19.0 Å². The Balaban J connectivity index is 2.14. The lowest BCUT2D eigenvalue weighted by molar-refractivity contribution is -0.184. The van der Waals surface area contributed by atoms with Crippen LogP contribution in [0.25, 0.3) is 0 Å². The second-order valence-electron chi connectivity index (χ2n) is 4.79. The predicted molar refractivity (Wildman–Crippen MR) is 67.8 cm³/mol. The highest BCUT2D eigenvalue weighted by Crippen LogP contribution is 2.33. The highest BCUT2D eigenvalue weighted by Gasteiger charge is 2.42. The standard InChI is InChI=1S/C12H14BrF3N2O/c1-17-7-9(13)5-10(17)11(19)18-4-2-3-8(6-18)12(14,15)16/h5,7-8H,2-4,6H2,1H3/t8-/m1/s1. The summed E-state index contributed by atoms with van der Waals surface area (Å²) in [6.07, 6.45) is -2.03. The summed E-state index contributed by atoms with van der Waals surface area (Å²) in [5.74, 6) is -1.75. The van der Waals surface area contributed by atoms with Gasteiger partial charge in [-0.1, -0.05) is 0 Å². The van der Waals surface area contributed by atoms with Crippen molar-refractivity contribution in [3.63, 3.8) is 0 Å². The molecule has 106 valence electrons. The zero-order valence-corrected chi connectivity index (χ0v) is 12.0. The van der Waals surface area contributed by atoms with Crippen LogP contribution < -0.4 is 0 Å². The molecule has 0 aromatic carbocycles. The van der Waals surface area contributed by atoms with E-state index in [0.29, 0.717) is 18.7 Å². The summed E-state index contributed by atoms with van der Waals surface area (Å²) in [5.41, 5.74) is 0.398. The first-order chi connectivity index (χ1) is 8.79. The lowest BCUT2D eigenvalue weighted by atomic mass is 9.97. The summed E-state index contributed by atoms with van der Waals surface area (Å²) in [7, 11) is 1.70. The monoisotopic (exact) mass is 338 g/mol. The second kappa shape index (κ2) is 5.19. The molecule has 1 aliphatic rings. The third-order valence-corrected chi connectivity index (χ3v) is 3.80. The molecule has 1 atom stereocenters. The fraction of sp³-hybridized carbons (Fsp3) is 0.583. The highest BCUT2D eigenvalue weighted by molar-refractivity contribution is 9.10. The zero-order valence-electron chi connectivity index (χ0n) is 10.4. The molecule has 2 rings (SSSR count). The average molecular weight is 339 g/mol.